The number of nitrogens with one attached hydrogen (secondary N) is 1. The molecule has 1 amide bonds. The molecule has 0 spiro atoms. The van der Waals surface area contributed by atoms with Gasteiger partial charge in [-0.2, -0.15) is 13.2 Å². The lowest BCUT2D eigenvalue weighted by molar-refractivity contribution is -0.144. The summed E-state index contributed by atoms with van der Waals surface area (Å²) in [7, 11) is 0. The average molecular weight is 568 g/mol. The Morgan fingerprint density at radius 1 is 1.10 bits per heavy atom. The summed E-state index contributed by atoms with van der Waals surface area (Å²) in [6, 6.07) is 2.55. The molecule has 5 nitrogen and oxygen atoms in total. The summed E-state index contributed by atoms with van der Waals surface area (Å²) in [5, 5.41) is 12.3. The molecule has 0 aliphatic carbocycles. The molecule has 0 saturated heterocycles. The largest absolute Gasteiger partial charge is 0.466 e. The molecule has 0 heterocycles. The summed E-state index contributed by atoms with van der Waals surface area (Å²) in [6.45, 7) is 10.1. The maximum atomic E-state index is 15.5. The fourth-order valence-corrected chi connectivity index (χ4v) is 4.44. The van der Waals surface area contributed by atoms with E-state index >= 15 is 4.39 Å². The highest BCUT2D eigenvalue weighted by molar-refractivity contribution is 5.82. The number of alkyl halides is 3. The lowest BCUT2D eigenvalue weighted by Crippen LogP contribution is -2.38. The second-order valence-electron chi connectivity index (χ2n) is 9.33. The number of aliphatic hydroxyl groups excluding tert-OH is 1. The molecule has 40 heavy (non-hydrogen) atoms. The van der Waals surface area contributed by atoms with Crippen LogP contribution in [0.15, 0.2) is 49.6 Å². The first kappa shape index (κ1) is 32.7. The topological polar surface area (TPSA) is 75.6 Å². The van der Waals surface area contributed by atoms with Gasteiger partial charge in [0.25, 0.3) is 0 Å². The number of aryl methyl sites for hydroxylation is 2. The maximum Gasteiger partial charge on any atom is 0.419 e. The zero-order valence-electron chi connectivity index (χ0n) is 22.5. The number of benzene rings is 2. The predicted molar refractivity (Wildman–Crippen MR) is 142 cm³/mol. The number of carbonyl (C=O) groups is 2. The van der Waals surface area contributed by atoms with Crippen molar-refractivity contribution in [3.05, 3.63) is 83.5 Å². The molecule has 0 aliphatic rings. The van der Waals surface area contributed by atoms with Crippen LogP contribution in [0, 0.1) is 18.6 Å². The van der Waals surface area contributed by atoms with Gasteiger partial charge < -0.3 is 15.2 Å². The molecule has 0 radical (unpaired) electrons. The van der Waals surface area contributed by atoms with Gasteiger partial charge in [-0.25, -0.2) is 8.78 Å². The average Bonchev–Trinajstić information content (AvgIpc) is 2.86. The van der Waals surface area contributed by atoms with Crippen molar-refractivity contribution in [3.8, 4) is 11.1 Å². The minimum atomic E-state index is -5.13. The van der Waals surface area contributed by atoms with Crippen LogP contribution < -0.4 is 5.32 Å². The monoisotopic (exact) mass is 567 g/mol. The molecule has 0 saturated carbocycles. The summed E-state index contributed by atoms with van der Waals surface area (Å²) in [6.07, 6.45) is -2.29. The Hall–Kier alpha value is -3.53. The van der Waals surface area contributed by atoms with Crippen LogP contribution in [-0.4, -0.2) is 29.7 Å². The van der Waals surface area contributed by atoms with Crippen LogP contribution in [-0.2, 0) is 26.9 Å². The van der Waals surface area contributed by atoms with Crippen LogP contribution in [0.4, 0.5) is 22.0 Å². The van der Waals surface area contributed by atoms with Crippen molar-refractivity contribution in [2.75, 3.05) is 6.61 Å². The molecule has 0 aromatic heterocycles. The Morgan fingerprint density at radius 3 is 2.40 bits per heavy atom. The van der Waals surface area contributed by atoms with Crippen molar-refractivity contribution >= 4 is 11.9 Å². The van der Waals surface area contributed by atoms with Gasteiger partial charge in [0, 0.05) is 12.0 Å². The molecular weight excluding hydrogens is 533 g/mol. The first-order valence-electron chi connectivity index (χ1n) is 12.9. The number of halogens is 5. The molecule has 0 aliphatic heterocycles. The van der Waals surface area contributed by atoms with E-state index in [9.17, 15) is 32.3 Å². The van der Waals surface area contributed by atoms with Crippen LogP contribution in [0.1, 0.15) is 67.3 Å². The van der Waals surface area contributed by atoms with E-state index in [0.29, 0.717) is 42.0 Å². The molecule has 0 unspecified atom stereocenters. The summed E-state index contributed by atoms with van der Waals surface area (Å²) < 4.78 is 77.0. The number of ether oxygens (including phenoxy) is 1. The maximum absolute atomic E-state index is 15.5. The van der Waals surface area contributed by atoms with Gasteiger partial charge in [-0.15, -0.1) is 13.2 Å². The van der Waals surface area contributed by atoms with Crippen LogP contribution >= 0.6 is 0 Å². The number of rotatable bonds is 14. The summed E-state index contributed by atoms with van der Waals surface area (Å²) >= 11 is 0. The predicted octanol–water partition coefficient (Wildman–Crippen LogP) is 6.91. The first-order chi connectivity index (χ1) is 18.8. The van der Waals surface area contributed by atoms with E-state index in [0.717, 1.165) is 12.5 Å². The van der Waals surface area contributed by atoms with Gasteiger partial charge in [-0.1, -0.05) is 12.2 Å². The third kappa shape index (κ3) is 8.74. The number of unbranched alkanes of at least 4 members (excludes halogenated alkanes) is 2. The number of hydrogen-bond donors (Lipinski definition) is 2. The molecule has 2 aromatic carbocycles. The number of aliphatic hydroxyl groups is 1. The Balaban J connectivity index is 2.77. The fourth-order valence-electron chi connectivity index (χ4n) is 4.44. The highest BCUT2D eigenvalue weighted by Crippen LogP contribution is 2.40. The smallest absolute Gasteiger partial charge is 0.419 e. The summed E-state index contributed by atoms with van der Waals surface area (Å²) in [5.74, 6) is -4.18. The van der Waals surface area contributed by atoms with Crippen molar-refractivity contribution in [2.24, 2.45) is 0 Å². The van der Waals surface area contributed by atoms with Gasteiger partial charge in [0.1, 0.15) is 17.7 Å². The third-order valence-electron chi connectivity index (χ3n) is 6.24. The van der Waals surface area contributed by atoms with E-state index in [1.807, 2.05) is 0 Å². The Kier molecular flexibility index (Phi) is 12.0. The lowest BCUT2D eigenvalue weighted by atomic mass is 9.88. The van der Waals surface area contributed by atoms with Gasteiger partial charge in [0.05, 0.1) is 24.6 Å². The standard InChI is InChI=1S/C30H34F5NO4/c1-5-8-9-10-12-19-14-21(31)13-18(4)27(19)20-15-22(28(32)23(16-20)30(33,34)35)24(17-26(38)40-7-3)36-29(39)25(37)11-6-2/h5-6,13-16,24-25,37H,1-2,7-12,17H2,3-4H3,(H,36,39)/t24-,25+/m0/s1. The van der Waals surface area contributed by atoms with Crippen LogP contribution in [0.3, 0.4) is 0 Å². The minimum Gasteiger partial charge on any atom is -0.466 e. The van der Waals surface area contributed by atoms with Gasteiger partial charge in [-0.05, 0) is 86.1 Å². The number of carbonyl (C=O) groups excluding carboxylic acids is 2. The van der Waals surface area contributed by atoms with Crippen molar-refractivity contribution in [1.29, 1.82) is 0 Å². The first-order valence-corrected chi connectivity index (χ1v) is 12.9. The SMILES string of the molecule is C=CCCCCc1cc(F)cc(C)c1-c1cc([C@H](CC(=O)OCC)NC(=O)[C@H](O)CC=C)c(F)c(C(F)(F)F)c1. The number of amides is 1. The molecule has 0 bridgehead atoms. The van der Waals surface area contributed by atoms with Gasteiger partial charge in [0.15, 0.2) is 0 Å². The number of hydrogen-bond acceptors (Lipinski definition) is 4. The van der Waals surface area contributed by atoms with E-state index < -0.39 is 59.4 Å². The Bertz CT molecular complexity index is 1230. The highest BCUT2D eigenvalue weighted by Gasteiger charge is 2.38. The van der Waals surface area contributed by atoms with Crippen molar-refractivity contribution in [3.63, 3.8) is 0 Å². The second kappa shape index (κ2) is 14.7. The molecule has 2 atom stereocenters. The van der Waals surface area contributed by atoms with E-state index in [1.165, 1.54) is 32.1 Å². The molecule has 2 rings (SSSR count). The van der Waals surface area contributed by atoms with Crippen LogP contribution in [0.25, 0.3) is 11.1 Å². The number of allylic oxidation sites excluding steroid dienone is 1. The van der Waals surface area contributed by atoms with Crippen molar-refractivity contribution in [2.45, 2.75) is 70.7 Å². The molecule has 2 N–H and O–H groups in total. The molecular formula is C30H34F5NO4. The fraction of sp³-hybridized carbons (Fsp3) is 0.400. The third-order valence-corrected chi connectivity index (χ3v) is 6.24. The number of esters is 1. The molecule has 10 heteroatoms. The quantitative estimate of drug-likeness (QED) is 0.113. The van der Waals surface area contributed by atoms with E-state index in [2.05, 4.69) is 18.5 Å². The molecule has 218 valence electrons. The van der Waals surface area contributed by atoms with Gasteiger partial charge in [0.2, 0.25) is 5.91 Å². The van der Waals surface area contributed by atoms with Gasteiger partial charge >= 0.3 is 12.1 Å². The Morgan fingerprint density at radius 2 is 1.80 bits per heavy atom. The van der Waals surface area contributed by atoms with Gasteiger partial charge in [-0.3, -0.25) is 9.59 Å². The Labute approximate surface area is 230 Å². The molecule has 2 aromatic rings. The highest BCUT2D eigenvalue weighted by atomic mass is 19.4. The van der Waals surface area contributed by atoms with Crippen molar-refractivity contribution < 1.29 is 41.4 Å². The van der Waals surface area contributed by atoms with Crippen LogP contribution in [0.5, 0.6) is 0 Å². The zero-order chi connectivity index (χ0) is 30.0. The normalized spacial score (nSPS) is 12.9. The van der Waals surface area contributed by atoms with E-state index in [-0.39, 0.29) is 18.6 Å². The van der Waals surface area contributed by atoms with E-state index in [1.54, 1.807) is 6.08 Å². The van der Waals surface area contributed by atoms with Crippen LogP contribution in [0.2, 0.25) is 0 Å². The lowest BCUT2D eigenvalue weighted by Gasteiger charge is -2.24. The molecule has 0 fully saturated rings. The summed E-state index contributed by atoms with van der Waals surface area (Å²) in [5.41, 5.74) is -1.25. The zero-order valence-corrected chi connectivity index (χ0v) is 22.5. The van der Waals surface area contributed by atoms with E-state index in [4.69, 9.17) is 4.74 Å². The second-order valence-corrected chi connectivity index (χ2v) is 9.33. The summed E-state index contributed by atoms with van der Waals surface area (Å²) in [4.78, 5) is 24.9. The minimum absolute atomic E-state index is 0.0566. The van der Waals surface area contributed by atoms with Crippen molar-refractivity contribution in [1.82, 2.24) is 5.32 Å².